The van der Waals surface area contributed by atoms with Gasteiger partial charge in [0.15, 0.2) is 0 Å². The molecule has 0 radical (unpaired) electrons. The molecule has 5 heteroatoms. The van der Waals surface area contributed by atoms with Crippen LogP contribution in [-0.2, 0) is 4.74 Å². The SMILES string of the molecule is CC(C)OC(=O)c1ccc(Cl)c(Cl)c1Cl. The number of benzene rings is 1. The zero-order valence-electron chi connectivity index (χ0n) is 8.18. The van der Waals surface area contributed by atoms with E-state index in [1.54, 1.807) is 13.8 Å². The van der Waals surface area contributed by atoms with Gasteiger partial charge in [-0.15, -0.1) is 0 Å². The molecule has 15 heavy (non-hydrogen) atoms. The summed E-state index contributed by atoms with van der Waals surface area (Å²) in [6.07, 6.45) is -0.206. The fraction of sp³-hybridized carbons (Fsp3) is 0.300. The van der Waals surface area contributed by atoms with Crippen molar-refractivity contribution in [3.8, 4) is 0 Å². The molecule has 0 unspecified atom stereocenters. The van der Waals surface area contributed by atoms with Gasteiger partial charge in [0.05, 0.1) is 26.7 Å². The van der Waals surface area contributed by atoms with Crippen LogP contribution in [0.4, 0.5) is 0 Å². The lowest BCUT2D eigenvalue weighted by Gasteiger charge is -2.10. The van der Waals surface area contributed by atoms with E-state index in [1.807, 2.05) is 0 Å². The van der Waals surface area contributed by atoms with Gasteiger partial charge in [-0.25, -0.2) is 4.79 Å². The van der Waals surface area contributed by atoms with Crippen LogP contribution in [0.25, 0.3) is 0 Å². The van der Waals surface area contributed by atoms with Crippen molar-refractivity contribution >= 4 is 40.8 Å². The molecule has 0 atom stereocenters. The smallest absolute Gasteiger partial charge is 0.339 e. The largest absolute Gasteiger partial charge is 0.459 e. The Morgan fingerprint density at radius 2 is 1.80 bits per heavy atom. The molecule has 0 saturated carbocycles. The molecule has 2 nitrogen and oxygen atoms in total. The fourth-order valence-electron chi connectivity index (χ4n) is 0.961. The lowest BCUT2D eigenvalue weighted by molar-refractivity contribution is 0.0378. The van der Waals surface area contributed by atoms with Crippen LogP contribution < -0.4 is 0 Å². The molecule has 0 aliphatic rings. The van der Waals surface area contributed by atoms with Gasteiger partial charge in [-0.3, -0.25) is 0 Å². The van der Waals surface area contributed by atoms with Crippen LogP contribution in [0.1, 0.15) is 24.2 Å². The van der Waals surface area contributed by atoms with E-state index in [4.69, 9.17) is 39.5 Å². The highest BCUT2D eigenvalue weighted by molar-refractivity contribution is 6.49. The molecule has 0 N–H and O–H groups in total. The number of esters is 1. The Hall–Kier alpha value is -0.440. The molecule has 0 aliphatic carbocycles. The van der Waals surface area contributed by atoms with Gasteiger partial charge in [-0.1, -0.05) is 34.8 Å². The summed E-state index contributed by atoms with van der Waals surface area (Å²) >= 11 is 17.4. The van der Waals surface area contributed by atoms with Crippen molar-refractivity contribution in [3.63, 3.8) is 0 Å². The van der Waals surface area contributed by atoms with Crippen LogP contribution in [0.5, 0.6) is 0 Å². The Morgan fingerprint density at radius 1 is 1.20 bits per heavy atom. The highest BCUT2D eigenvalue weighted by Crippen LogP contribution is 2.32. The lowest BCUT2D eigenvalue weighted by Crippen LogP contribution is -2.12. The summed E-state index contributed by atoms with van der Waals surface area (Å²) in [6.45, 7) is 3.51. The van der Waals surface area contributed by atoms with E-state index in [-0.39, 0.29) is 21.7 Å². The molecular weight excluding hydrogens is 258 g/mol. The molecule has 1 aromatic carbocycles. The van der Waals surface area contributed by atoms with Crippen LogP contribution in [0.3, 0.4) is 0 Å². The summed E-state index contributed by atoms with van der Waals surface area (Å²) in [5, 5.41) is 0.592. The van der Waals surface area contributed by atoms with E-state index in [0.717, 1.165) is 0 Å². The summed E-state index contributed by atoms with van der Waals surface area (Å²) in [5.74, 6) is -0.506. The number of ether oxygens (including phenoxy) is 1. The number of rotatable bonds is 2. The first-order chi connectivity index (χ1) is 6.93. The minimum atomic E-state index is -0.506. The molecule has 0 bridgehead atoms. The average Bonchev–Trinajstić information content (AvgIpc) is 2.13. The maximum atomic E-state index is 11.5. The average molecular weight is 268 g/mol. The number of carbonyl (C=O) groups excluding carboxylic acids is 1. The van der Waals surface area contributed by atoms with Gasteiger partial charge in [0.2, 0.25) is 0 Å². The first-order valence-electron chi connectivity index (χ1n) is 4.28. The van der Waals surface area contributed by atoms with Gasteiger partial charge in [0.1, 0.15) is 0 Å². The van der Waals surface area contributed by atoms with Crippen molar-refractivity contribution in [1.29, 1.82) is 0 Å². The van der Waals surface area contributed by atoms with Crippen molar-refractivity contribution in [2.45, 2.75) is 20.0 Å². The summed E-state index contributed by atoms with van der Waals surface area (Å²) in [4.78, 5) is 11.5. The summed E-state index contributed by atoms with van der Waals surface area (Å²) < 4.78 is 4.99. The van der Waals surface area contributed by atoms with Gasteiger partial charge in [0.25, 0.3) is 0 Å². The molecule has 1 aromatic rings. The molecule has 0 aromatic heterocycles. The third-order valence-electron chi connectivity index (χ3n) is 1.60. The Labute approximate surface area is 103 Å². The molecule has 82 valence electrons. The Morgan fingerprint density at radius 3 is 2.33 bits per heavy atom. The van der Waals surface area contributed by atoms with Crippen LogP contribution >= 0.6 is 34.8 Å². The number of hydrogen-bond donors (Lipinski definition) is 0. The van der Waals surface area contributed by atoms with Crippen molar-refractivity contribution in [2.24, 2.45) is 0 Å². The highest BCUT2D eigenvalue weighted by atomic mass is 35.5. The maximum Gasteiger partial charge on any atom is 0.339 e. The first-order valence-corrected chi connectivity index (χ1v) is 5.41. The zero-order valence-corrected chi connectivity index (χ0v) is 10.5. The molecular formula is C10H9Cl3O2. The minimum Gasteiger partial charge on any atom is -0.459 e. The molecule has 0 saturated heterocycles. The quantitative estimate of drug-likeness (QED) is 0.592. The number of carbonyl (C=O) groups is 1. The maximum absolute atomic E-state index is 11.5. The molecule has 1 rings (SSSR count). The van der Waals surface area contributed by atoms with Crippen LogP contribution in [0, 0.1) is 0 Å². The predicted molar refractivity (Wildman–Crippen MR) is 62.0 cm³/mol. The monoisotopic (exact) mass is 266 g/mol. The Bertz CT molecular complexity index is 388. The van der Waals surface area contributed by atoms with Gasteiger partial charge in [-0.2, -0.15) is 0 Å². The van der Waals surface area contributed by atoms with E-state index in [0.29, 0.717) is 5.02 Å². The van der Waals surface area contributed by atoms with E-state index < -0.39 is 5.97 Å². The topological polar surface area (TPSA) is 26.3 Å². The molecule has 0 heterocycles. The molecule has 0 spiro atoms. The zero-order chi connectivity index (χ0) is 11.6. The first kappa shape index (κ1) is 12.6. The molecule has 0 fully saturated rings. The lowest BCUT2D eigenvalue weighted by atomic mass is 10.2. The summed E-state index contributed by atoms with van der Waals surface area (Å²) in [6, 6.07) is 2.99. The van der Waals surface area contributed by atoms with Crippen LogP contribution in [-0.4, -0.2) is 12.1 Å². The predicted octanol–water partition coefficient (Wildman–Crippen LogP) is 4.21. The minimum absolute atomic E-state index is 0.120. The van der Waals surface area contributed by atoms with E-state index in [1.165, 1.54) is 12.1 Å². The van der Waals surface area contributed by atoms with Crippen molar-refractivity contribution in [2.75, 3.05) is 0 Å². The van der Waals surface area contributed by atoms with Crippen molar-refractivity contribution in [1.82, 2.24) is 0 Å². The summed E-state index contributed by atoms with van der Waals surface area (Å²) in [7, 11) is 0. The van der Waals surface area contributed by atoms with Gasteiger partial charge in [-0.05, 0) is 26.0 Å². The number of halogens is 3. The van der Waals surface area contributed by atoms with Gasteiger partial charge in [0, 0.05) is 0 Å². The second-order valence-corrected chi connectivity index (χ2v) is 4.34. The van der Waals surface area contributed by atoms with Crippen molar-refractivity contribution in [3.05, 3.63) is 32.8 Å². The third kappa shape index (κ3) is 3.00. The Kier molecular flexibility index (Phi) is 4.26. The molecule has 0 aliphatic heterocycles. The second-order valence-electron chi connectivity index (χ2n) is 3.18. The Balaban J connectivity index is 3.06. The van der Waals surface area contributed by atoms with Crippen LogP contribution in [0.2, 0.25) is 15.1 Å². The standard InChI is InChI=1S/C10H9Cl3O2/c1-5(2)15-10(14)6-3-4-7(11)9(13)8(6)12/h3-5H,1-2H3. The normalized spacial score (nSPS) is 10.5. The van der Waals surface area contributed by atoms with Crippen molar-refractivity contribution < 1.29 is 9.53 Å². The number of hydrogen-bond acceptors (Lipinski definition) is 2. The van der Waals surface area contributed by atoms with Gasteiger partial charge >= 0.3 is 5.97 Å². The van der Waals surface area contributed by atoms with E-state index in [2.05, 4.69) is 0 Å². The van der Waals surface area contributed by atoms with E-state index >= 15 is 0 Å². The van der Waals surface area contributed by atoms with Gasteiger partial charge < -0.3 is 4.74 Å². The highest BCUT2D eigenvalue weighted by Gasteiger charge is 2.17. The second kappa shape index (κ2) is 5.06. The summed E-state index contributed by atoms with van der Waals surface area (Å²) in [5.41, 5.74) is 0.222. The van der Waals surface area contributed by atoms with Crippen LogP contribution in [0.15, 0.2) is 12.1 Å². The fourth-order valence-corrected chi connectivity index (χ4v) is 1.57. The van der Waals surface area contributed by atoms with E-state index in [9.17, 15) is 4.79 Å². The molecule has 0 amide bonds. The third-order valence-corrected chi connectivity index (χ3v) is 2.89.